The van der Waals surface area contributed by atoms with Crippen molar-refractivity contribution in [2.45, 2.75) is 37.7 Å². The first kappa shape index (κ1) is 22.5. The molecule has 11 heteroatoms. The highest BCUT2D eigenvalue weighted by Crippen LogP contribution is 2.37. The maximum Gasteiger partial charge on any atom is 0.265 e. The van der Waals surface area contributed by atoms with E-state index in [1.54, 1.807) is 38.1 Å². The average Bonchev–Trinajstić information content (AvgIpc) is 3.28. The lowest BCUT2D eigenvalue weighted by Crippen LogP contribution is -2.41. The molecule has 2 aromatic carbocycles. The smallest absolute Gasteiger partial charge is 0.265 e. The van der Waals surface area contributed by atoms with Gasteiger partial charge in [-0.05, 0) is 50.5 Å². The molecule has 10 nitrogen and oxygen atoms in total. The molecule has 1 fully saturated rings. The third-order valence-corrected chi connectivity index (χ3v) is 8.33. The molecule has 34 heavy (non-hydrogen) atoms. The maximum absolute atomic E-state index is 13.4. The molecule has 0 spiro atoms. The van der Waals surface area contributed by atoms with Gasteiger partial charge in [-0.1, -0.05) is 0 Å². The highest BCUT2D eigenvalue weighted by Gasteiger charge is 2.34. The minimum absolute atomic E-state index is 0.137. The number of nitrogens with zero attached hydrogens (tertiary/aromatic N) is 1. The summed E-state index contributed by atoms with van der Waals surface area (Å²) in [5, 5.41) is 5.61. The van der Waals surface area contributed by atoms with Gasteiger partial charge in [0.1, 0.15) is 5.75 Å². The monoisotopic (exact) mass is 487 g/mol. The Balaban J connectivity index is 1.26. The van der Waals surface area contributed by atoms with Crippen LogP contribution in [0.4, 0.5) is 11.4 Å². The van der Waals surface area contributed by atoms with Gasteiger partial charge in [0.2, 0.25) is 22.7 Å². The fourth-order valence-electron chi connectivity index (χ4n) is 4.34. The summed E-state index contributed by atoms with van der Waals surface area (Å²) >= 11 is 0. The number of carbonyl (C=O) groups is 2. The molecule has 1 unspecified atom stereocenters. The first-order valence-electron chi connectivity index (χ1n) is 11.1. The van der Waals surface area contributed by atoms with Crippen molar-refractivity contribution in [3.63, 3.8) is 0 Å². The summed E-state index contributed by atoms with van der Waals surface area (Å²) in [6.07, 6.45) is 0.108. The van der Waals surface area contributed by atoms with Gasteiger partial charge in [-0.15, -0.1) is 0 Å². The van der Waals surface area contributed by atoms with E-state index in [0.29, 0.717) is 47.0 Å². The number of hydrogen-bond acceptors (Lipinski definition) is 7. The molecule has 0 radical (unpaired) electrons. The summed E-state index contributed by atoms with van der Waals surface area (Å²) in [5.41, 5.74) is 1.58. The van der Waals surface area contributed by atoms with E-state index in [4.69, 9.17) is 14.2 Å². The number of sulfonamides is 1. The summed E-state index contributed by atoms with van der Waals surface area (Å²) in [6, 6.07) is 8.27. The van der Waals surface area contributed by atoms with Gasteiger partial charge in [0, 0.05) is 36.8 Å². The summed E-state index contributed by atoms with van der Waals surface area (Å²) in [6.45, 7) is 3.90. The number of fused-ring (bicyclic) bond motifs is 2. The van der Waals surface area contributed by atoms with E-state index in [1.165, 1.54) is 10.4 Å². The normalized spacial score (nSPS) is 20.3. The van der Waals surface area contributed by atoms with E-state index in [1.807, 2.05) is 0 Å². The molecule has 2 aromatic rings. The second-order valence-corrected chi connectivity index (χ2v) is 10.5. The molecule has 1 atom stereocenters. The number of piperidine rings is 1. The second kappa shape index (κ2) is 8.48. The van der Waals surface area contributed by atoms with Gasteiger partial charge in [0.15, 0.2) is 17.6 Å². The van der Waals surface area contributed by atoms with E-state index in [0.717, 1.165) is 0 Å². The summed E-state index contributed by atoms with van der Waals surface area (Å²) < 4.78 is 44.4. The third-order valence-electron chi connectivity index (χ3n) is 6.29. The van der Waals surface area contributed by atoms with Gasteiger partial charge in [-0.2, -0.15) is 4.31 Å². The molecule has 3 aliphatic rings. The van der Waals surface area contributed by atoms with Crippen LogP contribution in [0.5, 0.6) is 17.2 Å². The third kappa shape index (κ3) is 4.05. The number of carbonyl (C=O) groups excluding carboxylic acids is 2. The number of nitrogens with one attached hydrogen (secondary N) is 2. The average molecular weight is 488 g/mol. The molecule has 1 saturated heterocycles. The summed E-state index contributed by atoms with van der Waals surface area (Å²) in [4.78, 5) is 24.7. The lowest BCUT2D eigenvalue weighted by Gasteiger charge is -2.31. The zero-order valence-corrected chi connectivity index (χ0v) is 19.6. The number of benzene rings is 2. The van der Waals surface area contributed by atoms with Crippen molar-refractivity contribution in [1.29, 1.82) is 0 Å². The van der Waals surface area contributed by atoms with E-state index < -0.39 is 16.1 Å². The lowest BCUT2D eigenvalue weighted by atomic mass is 9.97. The van der Waals surface area contributed by atoms with E-state index >= 15 is 0 Å². The molecular weight excluding hydrogens is 462 g/mol. The van der Waals surface area contributed by atoms with Gasteiger partial charge >= 0.3 is 0 Å². The minimum Gasteiger partial charge on any atom is -0.479 e. The Labute approximate surface area is 197 Å². The minimum atomic E-state index is -3.79. The van der Waals surface area contributed by atoms with Crippen LogP contribution in [0.25, 0.3) is 0 Å². The molecule has 0 saturated carbocycles. The largest absolute Gasteiger partial charge is 0.479 e. The Kier molecular flexibility index (Phi) is 5.61. The van der Waals surface area contributed by atoms with Gasteiger partial charge in [0.05, 0.1) is 10.6 Å². The van der Waals surface area contributed by atoms with Crippen molar-refractivity contribution >= 4 is 33.2 Å². The van der Waals surface area contributed by atoms with Crippen LogP contribution in [0, 0.1) is 12.8 Å². The Morgan fingerprint density at radius 2 is 1.82 bits per heavy atom. The van der Waals surface area contributed by atoms with Crippen LogP contribution in [0.3, 0.4) is 0 Å². The van der Waals surface area contributed by atoms with Gasteiger partial charge < -0.3 is 24.8 Å². The quantitative estimate of drug-likeness (QED) is 0.679. The number of hydrogen-bond donors (Lipinski definition) is 2. The van der Waals surface area contributed by atoms with Gasteiger partial charge in [0.25, 0.3) is 5.91 Å². The molecule has 0 aliphatic carbocycles. The number of aryl methyl sites for hydroxylation is 1. The Bertz CT molecular complexity index is 1270. The standard InChI is InChI=1S/C23H25N3O7S/c1-13-9-17-19(33-14(2)22(27)25-17)11-21(13)34(29,30)26-7-5-15(6-8-26)23(28)24-16-3-4-18-20(10-16)32-12-31-18/h3-4,9-11,14-15H,5-8,12H2,1-2H3,(H,24,28)(H,25,27). The van der Waals surface area contributed by atoms with Crippen LogP contribution >= 0.6 is 0 Å². The van der Waals surface area contributed by atoms with E-state index in [2.05, 4.69) is 10.6 Å². The van der Waals surface area contributed by atoms with Crippen molar-refractivity contribution in [3.8, 4) is 17.2 Å². The Morgan fingerprint density at radius 3 is 2.59 bits per heavy atom. The predicted octanol–water partition coefficient (Wildman–Crippen LogP) is 2.48. The number of amides is 2. The summed E-state index contributed by atoms with van der Waals surface area (Å²) in [7, 11) is -3.79. The van der Waals surface area contributed by atoms with Gasteiger partial charge in [-0.25, -0.2) is 8.42 Å². The van der Waals surface area contributed by atoms with Gasteiger partial charge in [-0.3, -0.25) is 9.59 Å². The van der Waals surface area contributed by atoms with Crippen LogP contribution in [0.1, 0.15) is 25.3 Å². The Hall–Kier alpha value is -3.31. The number of rotatable bonds is 4. The fraction of sp³-hybridized carbons (Fsp3) is 0.391. The molecule has 2 amide bonds. The van der Waals surface area contributed by atoms with Crippen molar-refractivity contribution in [1.82, 2.24) is 4.31 Å². The maximum atomic E-state index is 13.4. The van der Waals surface area contributed by atoms with Crippen LogP contribution in [-0.4, -0.2) is 50.5 Å². The van der Waals surface area contributed by atoms with Crippen molar-refractivity contribution in [3.05, 3.63) is 35.9 Å². The Morgan fingerprint density at radius 1 is 1.09 bits per heavy atom. The molecule has 180 valence electrons. The van der Waals surface area contributed by atoms with Crippen LogP contribution in [0.2, 0.25) is 0 Å². The fourth-order valence-corrected chi connectivity index (χ4v) is 6.03. The number of ether oxygens (including phenoxy) is 3. The topological polar surface area (TPSA) is 123 Å². The SMILES string of the molecule is Cc1cc2c(cc1S(=O)(=O)N1CCC(C(=O)Nc3ccc4c(c3)OCO4)CC1)OC(C)C(=O)N2. The van der Waals surface area contributed by atoms with Crippen molar-refractivity contribution < 1.29 is 32.2 Å². The molecule has 3 aliphatic heterocycles. The predicted molar refractivity (Wildman–Crippen MR) is 123 cm³/mol. The first-order valence-corrected chi connectivity index (χ1v) is 12.5. The van der Waals surface area contributed by atoms with Crippen LogP contribution < -0.4 is 24.8 Å². The van der Waals surface area contributed by atoms with E-state index in [9.17, 15) is 18.0 Å². The second-order valence-electron chi connectivity index (χ2n) is 8.60. The van der Waals surface area contributed by atoms with E-state index in [-0.39, 0.29) is 42.5 Å². The zero-order chi connectivity index (χ0) is 24.0. The van der Waals surface area contributed by atoms with Crippen LogP contribution in [0.15, 0.2) is 35.2 Å². The highest BCUT2D eigenvalue weighted by atomic mass is 32.2. The first-order chi connectivity index (χ1) is 16.2. The zero-order valence-electron chi connectivity index (χ0n) is 18.8. The molecule has 0 bridgehead atoms. The molecule has 3 heterocycles. The van der Waals surface area contributed by atoms with Crippen molar-refractivity contribution in [2.24, 2.45) is 5.92 Å². The van der Waals surface area contributed by atoms with Crippen LogP contribution in [-0.2, 0) is 19.6 Å². The van der Waals surface area contributed by atoms with Crippen molar-refractivity contribution in [2.75, 3.05) is 30.5 Å². The molecule has 0 aromatic heterocycles. The lowest BCUT2D eigenvalue weighted by molar-refractivity contribution is -0.123. The molecule has 5 rings (SSSR count). The highest BCUT2D eigenvalue weighted by molar-refractivity contribution is 7.89. The molecular formula is C23H25N3O7S. The number of anilines is 2. The summed E-state index contributed by atoms with van der Waals surface area (Å²) in [5.74, 6) is 0.811. The molecule has 2 N–H and O–H groups in total.